The molecule has 0 atom stereocenters. The highest BCUT2D eigenvalue weighted by Crippen LogP contribution is 2.20. The molecule has 1 saturated heterocycles. The monoisotopic (exact) mass is 311 g/mol. The third-order valence-corrected chi connectivity index (χ3v) is 3.57. The third-order valence-electron chi connectivity index (χ3n) is 3.04. The number of rotatable bonds is 4. The Hall–Kier alpha value is -1.36. The summed E-state index contributed by atoms with van der Waals surface area (Å²) in [5.41, 5.74) is 0.977. The first kappa shape index (κ1) is 13.1. The molecule has 0 spiro atoms. The Morgan fingerprint density at radius 3 is 2.44 bits per heavy atom. The largest absolute Gasteiger partial charge is 0.481 e. The molecule has 1 heterocycles. The first-order valence-corrected chi connectivity index (χ1v) is 6.58. The summed E-state index contributed by atoms with van der Waals surface area (Å²) in [6.07, 6.45) is 0.537. The number of likely N-dealkylation sites (tertiary alicyclic amines) is 1. The van der Waals surface area contributed by atoms with Gasteiger partial charge in [0.15, 0.2) is 0 Å². The number of amides is 1. The van der Waals surface area contributed by atoms with Crippen molar-refractivity contribution >= 4 is 27.8 Å². The number of benzene rings is 1. The van der Waals surface area contributed by atoms with Crippen molar-refractivity contribution in [2.75, 3.05) is 13.1 Å². The van der Waals surface area contributed by atoms with Crippen molar-refractivity contribution in [1.82, 2.24) is 4.90 Å². The molecule has 1 aromatic carbocycles. The van der Waals surface area contributed by atoms with Gasteiger partial charge in [0.25, 0.3) is 0 Å². The lowest BCUT2D eigenvalue weighted by atomic mass is 9.95. The van der Waals surface area contributed by atoms with E-state index in [-0.39, 0.29) is 18.2 Å². The number of nitrogens with zero attached hydrogens (tertiary/aromatic N) is 1. The average Bonchev–Trinajstić information content (AvgIpc) is 2.25. The lowest BCUT2D eigenvalue weighted by Crippen LogP contribution is -2.51. The van der Waals surface area contributed by atoms with Crippen LogP contribution in [0.2, 0.25) is 0 Å². The van der Waals surface area contributed by atoms with Gasteiger partial charge in [0.05, 0.1) is 12.8 Å². The molecule has 1 aliphatic rings. The van der Waals surface area contributed by atoms with E-state index in [2.05, 4.69) is 15.9 Å². The maximum Gasteiger partial charge on any atom is 0.303 e. The second kappa shape index (κ2) is 5.52. The van der Waals surface area contributed by atoms with Gasteiger partial charge in [-0.1, -0.05) is 28.1 Å². The summed E-state index contributed by atoms with van der Waals surface area (Å²) in [7, 11) is 0. The molecule has 4 nitrogen and oxygen atoms in total. The van der Waals surface area contributed by atoms with Crippen molar-refractivity contribution in [2.24, 2.45) is 5.92 Å². The summed E-state index contributed by atoms with van der Waals surface area (Å²) < 4.78 is 0.990. The van der Waals surface area contributed by atoms with Crippen molar-refractivity contribution in [3.63, 3.8) is 0 Å². The quantitative estimate of drug-likeness (QED) is 0.924. The van der Waals surface area contributed by atoms with Gasteiger partial charge >= 0.3 is 5.97 Å². The van der Waals surface area contributed by atoms with Gasteiger partial charge in [-0.3, -0.25) is 9.59 Å². The molecule has 18 heavy (non-hydrogen) atoms. The number of carboxylic acids is 1. The minimum Gasteiger partial charge on any atom is -0.481 e. The average molecular weight is 312 g/mol. The Bertz CT molecular complexity index is 452. The van der Waals surface area contributed by atoms with Crippen molar-refractivity contribution in [1.29, 1.82) is 0 Å². The van der Waals surface area contributed by atoms with E-state index in [1.165, 1.54) is 0 Å². The fraction of sp³-hybridized carbons (Fsp3) is 0.385. The molecule has 1 aromatic rings. The van der Waals surface area contributed by atoms with Gasteiger partial charge in [-0.15, -0.1) is 0 Å². The molecule has 0 saturated carbocycles. The molecule has 2 rings (SSSR count). The second-order valence-corrected chi connectivity index (χ2v) is 5.48. The number of carbonyl (C=O) groups is 2. The Labute approximate surface area is 114 Å². The molecule has 0 unspecified atom stereocenters. The fourth-order valence-electron chi connectivity index (χ4n) is 2.04. The van der Waals surface area contributed by atoms with E-state index in [1.807, 2.05) is 24.3 Å². The van der Waals surface area contributed by atoms with Crippen molar-refractivity contribution in [3.05, 3.63) is 34.3 Å². The summed E-state index contributed by atoms with van der Waals surface area (Å²) in [4.78, 5) is 24.1. The van der Waals surface area contributed by atoms with Crippen molar-refractivity contribution in [3.8, 4) is 0 Å². The highest BCUT2D eigenvalue weighted by molar-refractivity contribution is 9.10. The van der Waals surface area contributed by atoms with Gasteiger partial charge in [-0.2, -0.15) is 0 Å². The zero-order valence-corrected chi connectivity index (χ0v) is 11.4. The molecule has 0 aliphatic carbocycles. The number of aliphatic carboxylic acids is 1. The highest BCUT2D eigenvalue weighted by atomic mass is 79.9. The second-order valence-electron chi connectivity index (χ2n) is 4.57. The predicted molar refractivity (Wildman–Crippen MR) is 70.2 cm³/mol. The molecule has 1 N–H and O–H groups in total. The lowest BCUT2D eigenvalue weighted by molar-refractivity contribution is -0.144. The number of carbonyl (C=O) groups excluding carboxylic acids is 1. The SMILES string of the molecule is O=C(O)CC1CN(C(=O)Cc2ccc(Br)cc2)C1. The van der Waals surface area contributed by atoms with Crippen LogP contribution in [0.15, 0.2) is 28.7 Å². The van der Waals surface area contributed by atoms with Crippen molar-refractivity contribution < 1.29 is 14.7 Å². The highest BCUT2D eigenvalue weighted by Gasteiger charge is 2.31. The minimum atomic E-state index is -0.792. The molecule has 0 aromatic heterocycles. The lowest BCUT2D eigenvalue weighted by Gasteiger charge is -2.38. The normalized spacial score (nSPS) is 15.3. The number of hydrogen-bond acceptors (Lipinski definition) is 2. The molecular formula is C13H14BrNO3. The molecule has 0 radical (unpaired) electrons. The summed E-state index contributed by atoms with van der Waals surface area (Å²) >= 11 is 3.35. The Morgan fingerprint density at radius 1 is 1.28 bits per heavy atom. The van der Waals surface area contributed by atoms with E-state index in [4.69, 9.17) is 5.11 Å². The predicted octanol–water partition coefficient (Wildman–Crippen LogP) is 1.92. The third kappa shape index (κ3) is 3.32. The van der Waals surface area contributed by atoms with E-state index in [1.54, 1.807) is 4.90 Å². The number of hydrogen-bond donors (Lipinski definition) is 1. The van der Waals surface area contributed by atoms with Gasteiger partial charge < -0.3 is 10.0 Å². The zero-order chi connectivity index (χ0) is 13.1. The Kier molecular flexibility index (Phi) is 4.01. The maximum atomic E-state index is 11.9. The van der Waals surface area contributed by atoms with Crippen LogP contribution in [-0.2, 0) is 16.0 Å². The fourth-order valence-corrected chi connectivity index (χ4v) is 2.30. The van der Waals surface area contributed by atoms with Crippen LogP contribution in [0.4, 0.5) is 0 Å². The van der Waals surface area contributed by atoms with Crippen LogP contribution in [0.3, 0.4) is 0 Å². The topological polar surface area (TPSA) is 57.6 Å². The van der Waals surface area contributed by atoms with E-state index in [9.17, 15) is 9.59 Å². The molecule has 1 aliphatic heterocycles. The summed E-state index contributed by atoms with van der Waals surface area (Å²) in [5.74, 6) is -0.602. The van der Waals surface area contributed by atoms with Gasteiger partial charge in [-0.05, 0) is 17.7 Å². The maximum absolute atomic E-state index is 11.9. The van der Waals surface area contributed by atoms with Crippen LogP contribution in [0, 0.1) is 5.92 Å². The number of carboxylic acid groups (broad SMARTS) is 1. The van der Waals surface area contributed by atoms with Gasteiger partial charge in [0, 0.05) is 23.5 Å². The molecule has 1 fully saturated rings. The first-order chi connectivity index (χ1) is 8.54. The molecule has 1 amide bonds. The van der Waals surface area contributed by atoms with E-state index >= 15 is 0 Å². The molecule has 0 bridgehead atoms. The summed E-state index contributed by atoms with van der Waals surface area (Å²) in [6, 6.07) is 7.64. The van der Waals surface area contributed by atoms with Crippen LogP contribution in [0.5, 0.6) is 0 Å². The Morgan fingerprint density at radius 2 is 1.89 bits per heavy atom. The van der Waals surface area contributed by atoms with Gasteiger partial charge in [0.1, 0.15) is 0 Å². The summed E-state index contributed by atoms with van der Waals surface area (Å²) in [5, 5.41) is 8.63. The standard InChI is InChI=1S/C13H14BrNO3/c14-11-3-1-9(2-4-11)5-12(16)15-7-10(8-15)6-13(17)18/h1-4,10H,5-8H2,(H,17,18). The van der Waals surface area contributed by atoms with E-state index in [0.29, 0.717) is 19.5 Å². The van der Waals surface area contributed by atoms with Crippen molar-refractivity contribution in [2.45, 2.75) is 12.8 Å². The molecule has 96 valence electrons. The molecule has 5 heteroatoms. The van der Waals surface area contributed by atoms with Gasteiger partial charge in [0.2, 0.25) is 5.91 Å². The number of halogens is 1. The minimum absolute atomic E-state index is 0.0685. The van der Waals surface area contributed by atoms with E-state index < -0.39 is 5.97 Å². The van der Waals surface area contributed by atoms with Crippen LogP contribution < -0.4 is 0 Å². The molecular weight excluding hydrogens is 298 g/mol. The summed E-state index contributed by atoms with van der Waals surface area (Å²) in [6.45, 7) is 1.14. The van der Waals surface area contributed by atoms with Crippen LogP contribution in [-0.4, -0.2) is 35.0 Å². The smallest absolute Gasteiger partial charge is 0.303 e. The van der Waals surface area contributed by atoms with Crippen LogP contribution in [0.1, 0.15) is 12.0 Å². The van der Waals surface area contributed by atoms with Crippen LogP contribution >= 0.6 is 15.9 Å². The van der Waals surface area contributed by atoms with Gasteiger partial charge in [-0.25, -0.2) is 0 Å². The van der Waals surface area contributed by atoms with E-state index in [0.717, 1.165) is 10.0 Å². The Balaban J connectivity index is 1.80. The zero-order valence-electron chi connectivity index (χ0n) is 9.80. The first-order valence-electron chi connectivity index (χ1n) is 5.78. The van der Waals surface area contributed by atoms with Crippen LogP contribution in [0.25, 0.3) is 0 Å².